The molecular weight excluding hydrogens is 338 g/mol. The van der Waals surface area contributed by atoms with Crippen LogP contribution < -0.4 is 5.32 Å². The molecule has 0 fully saturated rings. The number of amides is 1. The zero-order chi connectivity index (χ0) is 21.0. The van der Waals surface area contributed by atoms with Gasteiger partial charge in [-0.15, -0.1) is 0 Å². The first-order valence-electron chi connectivity index (χ1n) is 10.1. The first kappa shape index (κ1) is 25.2. The predicted octanol–water partition coefficient (Wildman–Crippen LogP) is 5.30. The Bertz CT molecular complexity index is 588. The monoisotopic (exact) mass is 377 g/mol. The molecule has 1 amide bonds. The molecular formula is C23H39NO3. The van der Waals surface area contributed by atoms with Gasteiger partial charge in [-0.1, -0.05) is 58.9 Å². The Morgan fingerprint density at radius 3 is 2.30 bits per heavy atom. The molecule has 0 aliphatic heterocycles. The number of nitrogens with one attached hydrogen (secondary N) is 1. The van der Waals surface area contributed by atoms with Crippen LogP contribution in [-0.2, 0) is 24.0 Å². The Hall–Kier alpha value is -1.81. The van der Waals surface area contributed by atoms with Gasteiger partial charge in [0.2, 0.25) is 0 Å². The summed E-state index contributed by atoms with van der Waals surface area (Å²) in [5.41, 5.74) is 4.25. The smallest absolute Gasteiger partial charge is 0.407 e. The van der Waals surface area contributed by atoms with Gasteiger partial charge in [0.25, 0.3) is 0 Å². The molecule has 0 saturated heterocycles. The average Bonchev–Trinajstić information content (AvgIpc) is 2.62. The Balaban J connectivity index is 0.00000326. The van der Waals surface area contributed by atoms with Crippen molar-refractivity contribution >= 4 is 12.2 Å². The summed E-state index contributed by atoms with van der Waals surface area (Å²) in [5.74, 6) is 0. The third-order valence-corrected chi connectivity index (χ3v) is 3.99. The number of hydrogen-bond donors (Lipinski definition) is 2. The van der Waals surface area contributed by atoms with Crippen LogP contribution >= 0.6 is 0 Å². The maximum absolute atomic E-state index is 12.0. The van der Waals surface area contributed by atoms with Crippen LogP contribution in [0.2, 0.25) is 0 Å². The number of alkyl carbamates (subject to hydrolysis) is 1. The van der Waals surface area contributed by atoms with Gasteiger partial charge in [0.1, 0.15) is 5.60 Å². The lowest BCUT2D eigenvalue weighted by Gasteiger charge is -2.23. The minimum absolute atomic E-state index is 0.136. The highest BCUT2D eigenvalue weighted by molar-refractivity contribution is 5.68. The normalized spacial score (nSPS) is 11.9. The van der Waals surface area contributed by atoms with Crippen LogP contribution in [0.4, 0.5) is 4.79 Å². The van der Waals surface area contributed by atoms with Crippen molar-refractivity contribution < 1.29 is 14.6 Å². The second kappa shape index (κ2) is 12.6. The van der Waals surface area contributed by atoms with E-state index in [2.05, 4.69) is 37.9 Å². The Morgan fingerprint density at radius 2 is 1.85 bits per heavy atom. The maximum Gasteiger partial charge on any atom is 0.407 e. The zero-order valence-corrected chi connectivity index (χ0v) is 18.3. The molecule has 1 atom stereocenters. The molecule has 4 nitrogen and oxygen atoms in total. The minimum atomic E-state index is -0.559. The number of rotatable bonds is 8. The molecule has 0 aromatic heterocycles. The van der Waals surface area contributed by atoms with E-state index in [9.17, 15) is 9.90 Å². The highest BCUT2D eigenvalue weighted by Crippen LogP contribution is 2.22. The lowest BCUT2D eigenvalue weighted by atomic mass is 9.91. The maximum atomic E-state index is 12.0. The number of carbonyl (C=O) groups excluding carboxylic acids is 1. The van der Waals surface area contributed by atoms with Crippen LogP contribution in [0.3, 0.4) is 0 Å². The number of aryl methyl sites for hydroxylation is 2. The predicted molar refractivity (Wildman–Crippen MR) is 115 cm³/mol. The van der Waals surface area contributed by atoms with Gasteiger partial charge in [-0.3, -0.25) is 0 Å². The van der Waals surface area contributed by atoms with Crippen molar-refractivity contribution in [2.75, 3.05) is 6.61 Å². The summed E-state index contributed by atoms with van der Waals surface area (Å²) in [6.07, 6.45) is 4.96. The average molecular weight is 378 g/mol. The van der Waals surface area contributed by atoms with Crippen LogP contribution in [0.1, 0.15) is 77.1 Å². The molecule has 4 heteroatoms. The third-order valence-electron chi connectivity index (χ3n) is 3.99. The number of hydrogen-bond acceptors (Lipinski definition) is 3. The number of aliphatic hydroxyl groups excluding tert-OH is 1. The van der Waals surface area contributed by atoms with Crippen LogP contribution in [-0.4, -0.2) is 29.4 Å². The van der Waals surface area contributed by atoms with Crippen LogP contribution in [0.5, 0.6) is 0 Å². The molecule has 0 heterocycles. The zero-order valence-electron chi connectivity index (χ0n) is 18.3. The van der Waals surface area contributed by atoms with E-state index in [1.807, 2.05) is 40.7 Å². The SMILES string of the molecule is C=Cc1cc(CC(CO)NC(=O)OC(C)(C)C)c(CC)cc1CCC.CC. The molecule has 27 heavy (non-hydrogen) atoms. The minimum Gasteiger partial charge on any atom is -0.444 e. The molecule has 1 aromatic rings. The third kappa shape index (κ3) is 9.09. The van der Waals surface area contributed by atoms with Crippen molar-refractivity contribution in [3.8, 4) is 0 Å². The number of carbonyl (C=O) groups is 1. The van der Waals surface area contributed by atoms with Crippen molar-refractivity contribution in [1.29, 1.82) is 0 Å². The fraction of sp³-hybridized carbons (Fsp3) is 0.609. The van der Waals surface area contributed by atoms with E-state index in [0.717, 1.165) is 30.4 Å². The molecule has 1 aromatic carbocycles. The van der Waals surface area contributed by atoms with Crippen molar-refractivity contribution in [3.05, 3.63) is 41.0 Å². The first-order valence-corrected chi connectivity index (χ1v) is 10.1. The number of aliphatic hydroxyl groups is 1. The summed E-state index contributed by atoms with van der Waals surface area (Å²) in [7, 11) is 0. The Morgan fingerprint density at radius 1 is 1.22 bits per heavy atom. The largest absolute Gasteiger partial charge is 0.444 e. The first-order chi connectivity index (χ1) is 12.7. The molecule has 1 unspecified atom stereocenters. The fourth-order valence-corrected chi connectivity index (χ4v) is 2.86. The van der Waals surface area contributed by atoms with Crippen molar-refractivity contribution in [1.82, 2.24) is 5.32 Å². The van der Waals surface area contributed by atoms with Gasteiger partial charge in [-0.25, -0.2) is 4.79 Å². The van der Waals surface area contributed by atoms with Crippen molar-refractivity contribution in [2.45, 2.75) is 85.8 Å². The molecule has 0 saturated carbocycles. The second-order valence-corrected chi connectivity index (χ2v) is 7.36. The van der Waals surface area contributed by atoms with Crippen LogP contribution in [0, 0.1) is 0 Å². The van der Waals surface area contributed by atoms with E-state index in [1.54, 1.807) is 0 Å². The lowest BCUT2D eigenvalue weighted by Crippen LogP contribution is -2.42. The molecule has 1 rings (SSSR count). The summed E-state index contributed by atoms with van der Waals surface area (Å²) in [4.78, 5) is 12.0. The van der Waals surface area contributed by atoms with Crippen molar-refractivity contribution in [3.63, 3.8) is 0 Å². The topological polar surface area (TPSA) is 58.6 Å². The van der Waals surface area contributed by atoms with E-state index in [4.69, 9.17) is 4.74 Å². The van der Waals surface area contributed by atoms with Crippen LogP contribution in [0.25, 0.3) is 6.08 Å². The molecule has 0 aliphatic carbocycles. The summed E-state index contributed by atoms with van der Waals surface area (Å²) in [5, 5.41) is 12.4. The van der Waals surface area contributed by atoms with Gasteiger partial charge in [0.05, 0.1) is 12.6 Å². The summed E-state index contributed by atoms with van der Waals surface area (Å²) in [6.45, 7) is 17.5. The molecule has 0 aliphatic rings. The quantitative estimate of drug-likeness (QED) is 0.646. The molecule has 0 spiro atoms. The molecule has 0 radical (unpaired) electrons. The molecule has 154 valence electrons. The number of benzene rings is 1. The van der Waals surface area contributed by atoms with Gasteiger partial charge >= 0.3 is 6.09 Å². The van der Waals surface area contributed by atoms with Gasteiger partial charge in [-0.2, -0.15) is 0 Å². The van der Waals surface area contributed by atoms with Crippen LogP contribution in [0.15, 0.2) is 18.7 Å². The highest BCUT2D eigenvalue weighted by Gasteiger charge is 2.20. The second-order valence-electron chi connectivity index (χ2n) is 7.36. The fourth-order valence-electron chi connectivity index (χ4n) is 2.86. The highest BCUT2D eigenvalue weighted by atomic mass is 16.6. The summed E-state index contributed by atoms with van der Waals surface area (Å²) >= 11 is 0. The standard InChI is InChI=1S/C21H33NO3.C2H6/c1-7-10-17-11-16(9-3)18(12-15(17)8-2)13-19(14-23)22-20(24)25-21(4,5)6;1-2/h8,11-12,19,23H,2,7,9-10,13-14H2,1,3-6H3,(H,22,24);1-2H3. The van der Waals surface area contributed by atoms with Gasteiger partial charge in [0.15, 0.2) is 0 Å². The molecule has 2 N–H and O–H groups in total. The van der Waals surface area contributed by atoms with E-state index in [1.165, 1.54) is 11.1 Å². The Kier molecular flexibility index (Phi) is 11.7. The van der Waals surface area contributed by atoms with Gasteiger partial charge in [0, 0.05) is 0 Å². The van der Waals surface area contributed by atoms with E-state index < -0.39 is 11.7 Å². The van der Waals surface area contributed by atoms with E-state index in [-0.39, 0.29) is 12.6 Å². The van der Waals surface area contributed by atoms with Gasteiger partial charge in [-0.05, 0) is 62.3 Å². The van der Waals surface area contributed by atoms with Crippen molar-refractivity contribution in [2.24, 2.45) is 0 Å². The van der Waals surface area contributed by atoms with Gasteiger partial charge < -0.3 is 15.2 Å². The lowest BCUT2D eigenvalue weighted by molar-refractivity contribution is 0.0482. The summed E-state index contributed by atoms with van der Waals surface area (Å²) < 4.78 is 5.28. The Labute approximate surface area is 166 Å². The van der Waals surface area contributed by atoms with E-state index >= 15 is 0 Å². The number of ether oxygens (including phenoxy) is 1. The summed E-state index contributed by atoms with van der Waals surface area (Å²) in [6, 6.07) is 3.99. The van der Waals surface area contributed by atoms with E-state index in [0.29, 0.717) is 6.42 Å². The molecule has 0 bridgehead atoms.